The van der Waals surface area contributed by atoms with Crippen molar-refractivity contribution in [1.82, 2.24) is 0 Å². The number of oxime groups is 1. The third-order valence-corrected chi connectivity index (χ3v) is 3.20. The molecule has 3 heteroatoms. The molecule has 0 aliphatic carbocycles. The Labute approximate surface area is 101 Å². The average molecular weight is 238 g/mol. The molecular weight excluding hydrogens is 222 g/mol. The highest BCUT2D eigenvalue weighted by atomic mass is 35.5. The Kier molecular flexibility index (Phi) is 3.49. The Morgan fingerprint density at radius 1 is 1.50 bits per heavy atom. The summed E-state index contributed by atoms with van der Waals surface area (Å²) in [5.74, 6) is 0. The topological polar surface area (TPSA) is 21.6 Å². The predicted octanol–water partition coefficient (Wildman–Crippen LogP) is 3.37. The van der Waals surface area contributed by atoms with Crippen LogP contribution in [-0.2, 0) is 11.3 Å². The number of nitrogens with zero attached hydrogens (tertiary/aromatic N) is 1. The third-order valence-electron chi connectivity index (χ3n) is 2.91. The van der Waals surface area contributed by atoms with Crippen LogP contribution in [0.2, 0.25) is 0 Å². The minimum atomic E-state index is -0.00459. The van der Waals surface area contributed by atoms with Crippen LogP contribution in [0.25, 0.3) is 0 Å². The normalized spacial score (nSPS) is 21.4. The fraction of sp³-hybridized carbons (Fsp3) is 0.462. The highest BCUT2D eigenvalue weighted by Crippen LogP contribution is 2.23. The number of rotatable bonds is 3. The molecule has 0 saturated carbocycles. The summed E-state index contributed by atoms with van der Waals surface area (Å²) in [5, 5.41) is 4.14. The second kappa shape index (κ2) is 4.88. The van der Waals surface area contributed by atoms with Crippen molar-refractivity contribution in [3.05, 3.63) is 35.4 Å². The van der Waals surface area contributed by atoms with E-state index >= 15 is 0 Å². The smallest absolute Gasteiger partial charge is 0.149 e. The Morgan fingerprint density at radius 3 is 2.88 bits per heavy atom. The molecule has 0 amide bonds. The third kappa shape index (κ3) is 2.22. The van der Waals surface area contributed by atoms with E-state index in [1.807, 2.05) is 13.0 Å². The quantitative estimate of drug-likeness (QED) is 0.739. The van der Waals surface area contributed by atoms with Crippen molar-refractivity contribution in [1.29, 1.82) is 0 Å². The van der Waals surface area contributed by atoms with Gasteiger partial charge in [0.05, 0.1) is 11.1 Å². The maximum absolute atomic E-state index is 6.01. The molecule has 1 aliphatic heterocycles. The fourth-order valence-electron chi connectivity index (χ4n) is 1.91. The largest absolute Gasteiger partial charge is 0.390 e. The minimum Gasteiger partial charge on any atom is -0.390 e. The van der Waals surface area contributed by atoms with E-state index < -0.39 is 0 Å². The lowest BCUT2D eigenvalue weighted by Crippen LogP contribution is -2.18. The molecular formula is C13H16ClNO. The number of hydrogen-bond donors (Lipinski definition) is 0. The molecule has 0 aromatic heterocycles. The molecule has 2 atom stereocenters. The van der Waals surface area contributed by atoms with Crippen LogP contribution in [0, 0.1) is 0 Å². The summed E-state index contributed by atoms with van der Waals surface area (Å²) in [6.07, 6.45) is 1.83. The molecule has 2 nitrogen and oxygen atoms in total. The first kappa shape index (κ1) is 11.5. The second-order valence-electron chi connectivity index (χ2n) is 4.07. The van der Waals surface area contributed by atoms with E-state index in [4.69, 9.17) is 16.4 Å². The molecule has 2 unspecified atom stereocenters. The molecule has 0 spiro atoms. The van der Waals surface area contributed by atoms with Crippen molar-refractivity contribution >= 4 is 17.3 Å². The van der Waals surface area contributed by atoms with Crippen LogP contribution in [0.5, 0.6) is 0 Å². The van der Waals surface area contributed by atoms with E-state index in [0.717, 1.165) is 18.6 Å². The molecule has 0 N–H and O–H groups in total. The van der Waals surface area contributed by atoms with E-state index in [9.17, 15) is 0 Å². The molecule has 16 heavy (non-hydrogen) atoms. The van der Waals surface area contributed by atoms with Crippen molar-refractivity contribution in [3.63, 3.8) is 0 Å². The Balaban J connectivity index is 2.20. The number of benzene rings is 1. The molecule has 0 radical (unpaired) electrons. The van der Waals surface area contributed by atoms with Gasteiger partial charge in [-0.05, 0) is 18.9 Å². The van der Waals surface area contributed by atoms with Gasteiger partial charge in [-0.1, -0.05) is 36.3 Å². The zero-order valence-electron chi connectivity index (χ0n) is 9.61. The van der Waals surface area contributed by atoms with Crippen LogP contribution in [-0.4, -0.2) is 17.2 Å². The summed E-state index contributed by atoms with van der Waals surface area (Å²) in [6, 6.07) is 8.33. The zero-order chi connectivity index (χ0) is 11.5. The lowest BCUT2D eigenvalue weighted by molar-refractivity contribution is 0.0855. The molecule has 0 fully saturated rings. The van der Waals surface area contributed by atoms with Gasteiger partial charge in [-0.15, -0.1) is 11.6 Å². The molecule has 1 aliphatic rings. The van der Waals surface area contributed by atoms with Crippen LogP contribution in [0.1, 0.15) is 31.4 Å². The molecule has 1 aromatic carbocycles. The Morgan fingerprint density at radius 2 is 2.25 bits per heavy atom. The van der Waals surface area contributed by atoms with Crippen molar-refractivity contribution in [2.75, 3.05) is 0 Å². The summed E-state index contributed by atoms with van der Waals surface area (Å²) >= 11 is 6.01. The van der Waals surface area contributed by atoms with Crippen molar-refractivity contribution in [2.24, 2.45) is 5.16 Å². The van der Waals surface area contributed by atoms with Crippen molar-refractivity contribution in [3.8, 4) is 0 Å². The minimum absolute atomic E-state index is 0.00459. The first-order valence-electron chi connectivity index (χ1n) is 5.67. The Bertz CT molecular complexity index is 401. The molecule has 0 saturated heterocycles. The zero-order valence-corrected chi connectivity index (χ0v) is 10.4. The van der Waals surface area contributed by atoms with Gasteiger partial charge >= 0.3 is 0 Å². The lowest BCUT2D eigenvalue weighted by atomic mass is 9.97. The first-order chi connectivity index (χ1) is 7.72. The van der Waals surface area contributed by atoms with Gasteiger partial charge in [-0.25, -0.2) is 0 Å². The van der Waals surface area contributed by atoms with E-state index in [1.54, 1.807) is 0 Å². The van der Waals surface area contributed by atoms with Gasteiger partial charge in [0.15, 0.2) is 0 Å². The van der Waals surface area contributed by atoms with Gasteiger partial charge in [0.2, 0.25) is 0 Å². The summed E-state index contributed by atoms with van der Waals surface area (Å²) < 4.78 is 0. The van der Waals surface area contributed by atoms with E-state index in [1.165, 1.54) is 11.1 Å². The highest BCUT2D eigenvalue weighted by molar-refractivity contribution is 6.21. The first-order valence-corrected chi connectivity index (χ1v) is 6.11. The number of hydrogen-bond acceptors (Lipinski definition) is 2. The number of alkyl halides is 1. The highest BCUT2D eigenvalue weighted by Gasteiger charge is 2.26. The van der Waals surface area contributed by atoms with Gasteiger partial charge in [-0.2, -0.15) is 0 Å². The molecule has 0 bridgehead atoms. The van der Waals surface area contributed by atoms with Crippen molar-refractivity contribution in [2.45, 2.75) is 38.2 Å². The number of aryl methyl sites for hydroxylation is 1. The second-order valence-corrected chi connectivity index (χ2v) is 4.76. The van der Waals surface area contributed by atoms with Gasteiger partial charge in [0, 0.05) is 12.0 Å². The maximum atomic E-state index is 6.01. The van der Waals surface area contributed by atoms with Gasteiger partial charge < -0.3 is 4.84 Å². The maximum Gasteiger partial charge on any atom is 0.149 e. The predicted molar refractivity (Wildman–Crippen MR) is 67.2 cm³/mol. The monoisotopic (exact) mass is 237 g/mol. The van der Waals surface area contributed by atoms with Crippen LogP contribution in [0.15, 0.2) is 29.4 Å². The SMILES string of the molecule is CCc1ccccc1C1=NOC(C(C)Cl)C1. The van der Waals surface area contributed by atoms with Crippen molar-refractivity contribution < 1.29 is 4.84 Å². The van der Waals surface area contributed by atoms with Gasteiger partial charge in [0.25, 0.3) is 0 Å². The Hall–Kier alpha value is -1.02. The fourth-order valence-corrected chi connectivity index (χ4v) is 2.05. The van der Waals surface area contributed by atoms with E-state index in [2.05, 4.69) is 30.3 Å². The summed E-state index contributed by atoms with van der Waals surface area (Å²) in [6.45, 7) is 4.09. The van der Waals surface area contributed by atoms with Gasteiger partial charge in [0.1, 0.15) is 6.10 Å². The summed E-state index contributed by atoms with van der Waals surface area (Å²) in [7, 11) is 0. The molecule has 2 rings (SSSR count). The summed E-state index contributed by atoms with van der Waals surface area (Å²) in [4.78, 5) is 5.34. The van der Waals surface area contributed by atoms with E-state index in [-0.39, 0.29) is 11.5 Å². The van der Waals surface area contributed by atoms with Crippen LogP contribution < -0.4 is 0 Å². The lowest BCUT2D eigenvalue weighted by Gasteiger charge is -2.09. The van der Waals surface area contributed by atoms with Crippen LogP contribution in [0.3, 0.4) is 0 Å². The molecule has 1 aromatic rings. The molecule has 1 heterocycles. The number of halogens is 1. The van der Waals surface area contributed by atoms with Crippen LogP contribution >= 0.6 is 11.6 Å². The standard InChI is InChI=1S/C13H16ClNO/c1-3-10-6-4-5-7-11(10)12-8-13(9(2)14)16-15-12/h4-7,9,13H,3,8H2,1-2H3. The summed E-state index contributed by atoms with van der Waals surface area (Å²) in [5.41, 5.74) is 3.53. The van der Waals surface area contributed by atoms with E-state index in [0.29, 0.717) is 0 Å². The average Bonchev–Trinajstić information content (AvgIpc) is 2.78. The molecule has 86 valence electrons. The van der Waals surface area contributed by atoms with Gasteiger partial charge in [-0.3, -0.25) is 0 Å². The van der Waals surface area contributed by atoms with Crippen LogP contribution in [0.4, 0.5) is 0 Å².